The number of nitrogens with zero attached hydrogens (tertiary/aromatic N) is 4. The van der Waals surface area contributed by atoms with Gasteiger partial charge in [0.05, 0.1) is 18.3 Å². The summed E-state index contributed by atoms with van der Waals surface area (Å²) in [6, 6.07) is 17.0. The summed E-state index contributed by atoms with van der Waals surface area (Å²) in [6.45, 7) is 10.00. The number of hydrogen-bond acceptors (Lipinski definition) is 13. The number of amides is 7. The van der Waals surface area contributed by atoms with Gasteiger partial charge >= 0.3 is 12.1 Å². The smallest absolute Gasteiger partial charge is 0.408 e. The number of benzene rings is 3. The van der Waals surface area contributed by atoms with E-state index >= 15 is 13.6 Å². The van der Waals surface area contributed by atoms with Crippen LogP contribution in [0.2, 0.25) is 0 Å². The summed E-state index contributed by atoms with van der Waals surface area (Å²) in [6.07, 6.45) is 2.85. The van der Waals surface area contributed by atoms with Crippen molar-refractivity contribution in [2.24, 2.45) is 17.8 Å². The summed E-state index contributed by atoms with van der Waals surface area (Å²) in [7, 11) is 0. The van der Waals surface area contributed by atoms with Gasteiger partial charge in [-0.25, -0.2) is 23.4 Å². The number of carbonyl (C=O) groups excluding carboxylic acids is 8. The van der Waals surface area contributed by atoms with E-state index in [-0.39, 0.29) is 68.9 Å². The third kappa shape index (κ3) is 17.9. The maximum atomic E-state index is 15.7. The zero-order valence-corrected chi connectivity index (χ0v) is 48.5. The van der Waals surface area contributed by atoms with Crippen molar-refractivity contribution in [3.63, 3.8) is 0 Å². The number of carbonyl (C=O) groups is 8. The van der Waals surface area contributed by atoms with Crippen molar-refractivity contribution in [2.75, 3.05) is 57.8 Å². The van der Waals surface area contributed by atoms with Gasteiger partial charge in [0.15, 0.2) is 6.10 Å². The number of unbranched alkanes of at least 4 members (excludes halogenated alkanes) is 2. The molecule has 0 aliphatic carbocycles. The highest BCUT2D eigenvalue weighted by Gasteiger charge is 2.44. The highest BCUT2D eigenvalue weighted by atomic mass is 19.1. The summed E-state index contributed by atoms with van der Waals surface area (Å²) in [4.78, 5) is 113. The van der Waals surface area contributed by atoms with Crippen molar-refractivity contribution < 1.29 is 61.3 Å². The normalized spacial score (nSPS) is 18.4. The number of alkyl carbamates (subject to hydrolysis) is 1. The van der Waals surface area contributed by atoms with Crippen LogP contribution in [0.25, 0.3) is 11.3 Å². The summed E-state index contributed by atoms with van der Waals surface area (Å²) >= 11 is 0. The molecular formula is C61H80F2N10O11. The highest BCUT2D eigenvalue weighted by Crippen LogP contribution is 2.39. The predicted octanol–water partition coefficient (Wildman–Crippen LogP) is 5.64. The Labute approximate surface area is 489 Å². The van der Waals surface area contributed by atoms with Crippen LogP contribution in [0.3, 0.4) is 0 Å². The Morgan fingerprint density at radius 2 is 1.64 bits per heavy atom. The summed E-state index contributed by atoms with van der Waals surface area (Å²) in [5, 5.41) is 16.2. The molecule has 0 saturated carbocycles. The molecule has 454 valence electrons. The molecule has 0 spiro atoms. The average molecular weight is 1170 g/mol. The first-order chi connectivity index (χ1) is 40.4. The van der Waals surface area contributed by atoms with Crippen LogP contribution in [0, 0.1) is 30.5 Å². The molecule has 7 rings (SSSR count). The first-order valence-electron chi connectivity index (χ1n) is 29.1. The van der Waals surface area contributed by atoms with Crippen molar-refractivity contribution >= 4 is 53.7 Å². The van der Waals surface area contributed by atoms with E-state index in [0.29, 0.717) is 87.7 Å². The van der Waals surface area contributed by atoms with Gasteiger partial charge in [-0.2, -0.15) is 0 Å². The molecule has 4 aromatic rings. The fourth-order valence-electron chi connectivity index (χ4n) is 10.8. The standard InChI is InChI=1S/C61H80F2N10O11/c1-38(2)54(70-52(75)16-10-7-11-25-64-37-74)57(77)66-32-53(76)68-46-20-18-43(19-21-46)36-83-61(81)67-40(4)58(78)72-26-12-15-51(72)60(80)84-41(5)59(79)73(34-45-30-65-31-49(45)63)55(44-23-27-82-28-24-44)56-69-50(47-29-39(3)17-22-48(47)62)35-71(56)33-42-13-8-6-9-14-42/h6,8-9,13-14,17-22,29,35,37-38,40-41,44-45,49,51,54-55,65H,7,10-12,15-16,23-28,30-34,36H2,1-5H3,(H,64,74)(H,66,77)(H,67,81)(H,68,76)(H,70,75)/t40-,41+,45?,49?,51?,54?,55?/m1/s1. The Kier molecular flexibility index (Phi) is 23.7. The molecule has 3 fully saturated rings. The van der Waals surface area contributed by atoms with Crippen molar-refractivity contribution in [3.05, 3.63) is 107 Å². The molecule has 84 heavy (non-hydrogen) atoms. The monoisotopic (exact) mass is 1170 g/mol. The molecule has 21 nitrogen and oxygen atoms in total. The molecule has 3 aliphatic rings. The van der Waals surface area contributed by atoms with Gasteiger partial charge in [0.25, 0.3) is 5.91 Å². The first-order valence-corrected chi connectivity index (χ1v) is 29.1. The molecular weight excluding hydrogens is 1090 g/mol. The number of aryl methyl sites for hydroxylation is 1. The van der Waals surface area contributed by atoms with Crippen LogP contribution >= 0.6 is 0 Å². The van der Waals surface area contributed by atoms with E-state index in [1.807, 2.05) is 41.8 Å². The lowest BCUT2D eigenvalue weighted by Crippen LogP contribution is -2.52. The van der Waals surface area contributed by atoms with Crippen LogP contribution in [-0.2, 0) is 60.9 Å². The lowest BCUT2D eigenvalue weighted by molar-refractivity contribution is -0.166. The Balaban J connectivity index is 0.948. The molecule has 7 atom stereocenters. The molecule has 1 aromatic heterocycles. The molecule has 5 unspecified atom stereocenters. The van der Waals surface area contributed by atoms with E-state index in [1.165, 1.54) is 24.8 Å². The van der Waals surface area contributed by atoms with E-state index in [4.69, 9.17) is 19.2 Å². The van der Waals surface area contributed by atoms with E-state index in [0.717, 1.165) is 24.0 Å². The Hall–Kier alpha value is -7.79. The van der Waals surface area contributed by atoms with Gasteiger partial charge in [-0.1, -0.05) is 74.4 Å². The summed E-state index contributed by atoms with van der Waals surface area (Å²) in [5.41, 5.74) is 3.37. The quantitative estimate of drug-likeness (QED) is 0.0229. The molecule has 3 saturated heterocycles. The van der Waals surface area contributed by atoms with Crippen LogP contribution < -0.4 is 31.9 Å². The number of esters is 1. The Morgan fingerprint density at radius 1 is 0.893 bits per heavy atom. The van der Waals surface area contributed by atoms with Crippen molar-refractivity contribution in [1.82, 2.24) is 45.9 Å². The molecule has 7 amide bonds. The van der Waals surface area contributed by atoms with E-state index in [9.17, 15) is 33.6 Å². The number of halogens is 2. The molecule has 3 aliphatic heterocycles. The minimum Gasteiger partial charge on any atom is -0.451 e. The van der Waals surface area contributed by atoms with Crippen LogP contribution in [0.15, 0.2) is 79.0 Å². The second-order valence-corrected chi connectivity index (χ2v) is 22.2. The van der Waals surface area contributed by atoms with Gasteiger partial charge in [0, 0.05) is 82.3 Å². The third-order valence-electron chi connectivity index (χ3n) is 15.4. The number of aromatic nitrogens is 2. The topological polar surface area (TPSA) is 261 Å². The lowest BCUT2D eigenvalue weighted by Gasteiger charge is -2.41. The van der Waals surface area contributed by atoms with Crippen LogP contribution in [0.5, 0.6) is 0 Å². The van der Waals surface area contributed by atoms with Crippen LogP contribution in [0.4, 0.5) is 19.3 Å². The van der Waals surface area contributed by atoms with Crippen molar-refractivity contribution in [1.29, 1.82) is 0 Å². The average Bonchev–Trinajstić information content (AvgIpc) is 2.34. The zero-order chi connectivity index (χ0) is 60.3. The number of likely N-dealkylation sites (tertiary alicyclic amines) is 1. The van der Waals surface area contributed by atoms with Gasteiger partial charge in [0.2, 0.25) is 30.0 Å². The fraction of sp³-hybridized carbons (Fsp3) is 0.525. The van der Waals surface area contributed by atoms with Gasteiger partial charge in [-0.3, -0.25) is 28.8 Å². The maximum absolute atomic E-state index is 15.7. The highest BCUT2D eigenvalue weighted by molar-refractivity contribution is 5.96. The second-order valence-electron chi connectivity index (χ2n) is 22.2. The molecule has 3 aromatic carbocycles. The number of hydrogen-bond donors (Lipinski definition) is 6. The SMILES string of the molecule is Cc1ccc(F)c(-c2cn(Cc3ccccc3)c(C(C3CCOCC3)N(CC3CNCC3F)C(=O)[C@H](C)OC(=O)C3CCCN3C(=O)[C@@H](C)NC(=O)OCc3ccc(NC(=O)CNC(=O)C(NC(=O)CCCCCNC=O)C(C)C)cc3)n2)c1. The molecule has 4 heterocycles. The Morgan fingerprint density at radius 3 is 2.35 bits per heavy atom. The number of nitrogens with one attached hydrogen (secondary N) is 6. The number of ether oxygens (including phenoxy) is 3. The van der Waals surface area contributed by atoms with Crippen molar-refractivity contribution in [3.8, 4) is 11.3 Å². The van der Waals surface area contributed by atoms with Gasteiger partial charge in [-0.05, 0) is 107 Å². The molecule has 0 radical (unpaired) electrons. The molecule has 6 N–H and O–H groups in total. The third-order valence-corrected chi connectivity index (χ3v) is 15.4. The molecule has 23 heteroatoms. The Bertz CT molecular complexity index is 2890. The second kappa shape index (κ2) is 31.2. The van der Waals surface area contributed by atoms with Gasteiger partial charge < -0.3 is 60.5 Å². The van der Waals surface area contributed by atoms with E-state index in [1.54, 1.807) is 61.3 Å². The maximum Gasteiger partial charge on any atom is 0.408 e. The predicted molar refractivity (Wildman–Crippen MR) is 308 cm³/mol. The number of alkyl halides is 1. The summed E-state index contributed by atoms with van der Waals surface area (Å²) < 4.78 is 50.5. The number of imidazole rings is 1. The van der Waals surface area contributed by atoms with E-state index in [2.05, 4.69) is 31.9 Å². The van der Waals surface area contributed by atoms with Crippen LogP contribution in [-0.4, -0.2) is 150 Å². The minimum absolute atomic E-state index is 0.0422. The van der Waals surface area contributed by atoms with Crippen LogP contribution in [0.1, 0.15) is 108 Å². The number of rotatable bonds is 28. The first kappa shape index (κ1) is 63.8. The van der Waals surface area contributed by atoms with E-state index < -0.39 is 83.9 Å². The van der Waals surface area contributed by atoms with Crippen molar-refractivity contribution in [2.45, 2.75) is 136 Å². The molecule has 0 bridgehead atoms. The number of anilines is 1. The minimum atomic E-state index is -1.39. The van der Waals surface area contributed by atoms with Gasteiger partial charge in [-0.15, -0.1) is 0 Å². The summed E-state index contributed by atoms with van der Waals surface area (Å²) in [5.74, 6) is -4.37. The fourth-order valence-corrected chi connectivity index (χ4v) is 10.8. The largest absolute Gasteiger partial charge is 0.451 e. The van der Waals surface area contributed by atoms with Gasteiger partial charge in [0.1, 0.15) is 42.5 Å². The zero-order valence-electron chi connectivity index (χ0n) is 48.5. The lowest BCUT2D eigenvalue weighted by atomic mass is 9.88.